The molecule has 19 heavy (non-hydrogen) atoms. The van der Waals surface area contributed by atoms with Gasteiger partial charge in [-0.1, -0.05) is 36.4 Å². The molecule has 2 aromatic carbocycles. The molecule has 1 aromatic heterocycles. The maximum atomic E-state index is 6.09. The normalized spacial score (nSPS) is 12.7. The summed E-state index contributed by atoms with van der Waals surface area (Å²) in [6.45, 7) is 4.21. The predicted molar refractivity (Wildman–Crippen MR) is 79.1 cm³/mol. The van der Waals surface area contributed by atoms with Crippen molar-refractivity contribution in [2.75, 3.05) is 5.73 Å². The number of hydrogen-bond donors (Lipinski definition) is 1. The molecule has 3 rings (SSSR count). The Morgan fingerprint density at radius 2 is 1.84 bits per heavy atom. The number of nitrogens with zero attached hydrogens (tertiary/aromatic N) is 2. The maximum Gasteiger partial charge on any atom is 0.201 e. The SMILES string of the molecule is Cc1ccc2c(c1)nc(N)n2C(C)c1ccccc1. The number of rotatable bonds is 2. The van der Waals surface area contributed by atoms with Gasteiger partial charge in [0, 0.05) is 0 Å². The van der Waals surface area contributed by atoms with E-state index in [9.17, 15) is 0 Å². The Labute approximate surface area is 112 Å². The molecular weight excluding hydrogens is 234 g/mol. The van der Waals surface area contributed by atoms with Crippen molar-refractivity contribution in [2.45, 2.75) is 19.9 Å². The third-order valence-corrected chi connectivity index (χ3v) is 3.54. The summed E-state index contributed by atoms with van der Waals surface area (Å²) in [7, 11) is 0. The lowest BCUT2D eigenvalue weighted by Crippen LogP contribution is -2.09. The fourth-order valence-corrected chi connectivity index (χ4v) is 2.52. The highest BCUT2D eigenvalue weighted by Gasteiger charge is 2.15. The van der Waals surface area contributed by atoms with Crippen molar-refractivity contribution in [2.24, 2.45) is 0 Å². The minimum Gasteiger partial charge on any atom is -0.369 e. The third-order valence-electron chi connectivity index (χ3n) is 3.54. The molecular formula is C16H17N3. The predicted octanol–water partition coefficient (Wildman–Crippen LogP) is 3.54. The zero-order valence-electron chi connectivity index (χ0n) is 11.2. The minimum absolute atomic E-state index is 0.175. The van der Waals surface area contributed by atoms with Gasteiger partial charge in [-0.15, -0.1) is 0 Å². The second-order valence-electron chi connectivity index (χ2n) is 4.92. The van der Waals surface area contributed by atoms with E-state index in [4.69, 9.17) is 5.73 Å². The van der Waals surface area contributed by atoms with Crippen LogP contribution in [0.2, 0.25) is 0 Å². The lowest BCUT2D eigenvalue weighted by Gasteiger charge is -2.16. The summed E-state index contributed by atoms with van der Waals surface area (Å²) in [6.07, 6.45) is 0. The highest BCUT2D eigenvalue weighted by Crippen LogP contribution is 2.27. The van der Waals surface area contributed by atoms with Crippen LogP contribution in [-0.2, 0) is 0 Å². The van der Waals surface area contributed by atoms with Crippen LogP contribution in [0, 0.1) is 6.92 Å². The molecule has 1 atom stereocenters. The van der Waals surface area contributed by atoms with E-state index in [2.05, 4.69) is 53.7 Å². The van der Waals surface area contributed by atoms with E-state index in [0.29, 0.717) is 5.95 Å². The number of aryl methyl sites for hydroxylation is 1. The van der Waals surface area contributed by atoms with Crippen molar-refractivity contribution in [3.05, 3.63) is 59.7 Å². The van der Waals surface area contributed by atoms with Gasteiger partial charge in [-0.05, 0) is 37.1 Å². The van der Waals surface area contributed by atoms with E-state index in [1.807, 2.05) is 18.2 Å². The first-order valence-corrected chi connectivity index (χ1v) is 6.46. The zero-order valence-corrected chi connectivity index (χ0v) is 11.2. The fraction of sp³-hybridized carbons (Fsp3) is 0.188. The van der Waals surface area contributed by atoms with Crippen LogP contribution in [0.3, 0.4) is 0 Å². The topological polar surface area (TPSA) is 43.8 Å². The number of aromatic nitrogens is 2. The second-order valence-corrected chi connectivity index (χ2v) is 4.92. The molecule has 2 N–H and O–H groups in total. The van der Waals surface area contributed by atoms with Crippen LogP contribution >= 0.6 is 0 Å². The number of fused-ring (bicyclic) bond motifs is 1. The summed E-state index contributed by atoms with van der Waals surface area (Å²) in [6, 6.07) is 16.8. The van der Waals surface area contributed by atoms with Gasteiger partial charge < -0.3 is 10.3 Å². The van der Waals surface area contributed by atoms with E-state index in [-0.39, 0.29) is 6.04 Å². The molecule has 1 heterocycles. The number of hydrogen-bond acceptors (Lipinski definition) is 2. The van der Waals surface area contributed by atoms with Crippen LogP contribution < -0.4 is 5.73 Å². The number of imidazole rings is 1. The summed E-state index contributed by atoms with van der Waals surface area (Å²) in [5, 5.41) is 0. The van der Waals surface area contributed by atoms with Crippen molar-refractivity contribution in [1.29, 1.82) is 0 Å². The quantitative estimate of drug-likeness (QED) is 0.757. The number of benzene rings is 2. The Hall–Kier alpha value is -2.29. The van der Waals surface area contributed by atoms with Crippen LogP contribution in [0.25, 0.3) is 11.0 Å². The van der Waals surface area contributed by atoms with Gasteiger partial charge in [-0.2, -0.15) is 0 Å². The Morgan fingerprint density at radius 1 is 1.11 bits per heavy atom. The van der Waals surface area contributed by atoms with Crippen molar-refractivity contribution in [3.63, 3.8) is 0 Å². The molecule has 0 saturated heterocycles. The summed E-state index contributed by atoms with van der Waals surface area (Å²) >= 11 is 0. The molecule has 0 amide bonds. The third kappa shape index (κ3) is 1.97. The minimum atomic E-state index is 0.175. The standard InChI is InChI=1S/C16H17N3/c1-11-8-9-15-14(10-11)18-16(17)19(15)12(2)13-6-4-3-5-7-13/h3-10,12H,1-2H3,(H2,17,18). The molecule has 3 heteroatoms. The Balaban J connectivity index is 2.17. The summed E-state index contributed by atoms with van der Waals surface area (Å²) in [5.74, 6) is 0.567. The number of nitrogen functional groups attached to an aromatic ring is 1. The molecule has 1 unspecified atom stereocenters. The first-order chi connectivity index (χ1) is 9.16. The van der Waals surface area contributed by atoms with Crippen LogP contribution in [0.15, 0.2) is 48.5 Å². The van der Waals surface area contributed by atoms with Gasteiger partial charge in [0.25, 0.3) is 0 Å². The summed E-state index contributed by atoms with van der Waals surface area (Å²) in [4.78, 5) is 4.46. The van der Waals surface area contributed by atoms with Crippen LogP contribution in [0.4, 0.5) is 5.95 Å². The van der Waals surface area contributed by atoms with Crippen molar-refractivity contribution in [1.82, 2.24) is 9.55 Å². The van der Waals surface area contributed by atoms with E-state index < -0.39 is 0 Å². The summed E-state index contributed by atoms with van der Waals surface area (Å²) < 4.78 is 2.09. The molecule has 0 saturated carbocycles. The monoisotopic (exact) mass is 251 g/mol. The second kappa shape index (κ2) is 4.43. The van der Waals surface area contributed by atoms with Gasteiger partial charge in [0.2, 0.25) is 5.95 Å². The molecule has 0 spiro atoms. The van der Waals surface area contributed by atoms with Gasteiger partial charge in [-0.3, -0.25) is 0 Å². The molecule has 3 aromatic rings. The van der Waals surface area contributed by atoms with Gasteiger partial charge in [0.05, 0.1) is 17.1 Å². The molecule has 0 aliphatic heterocycles. The maximum absolute atomic E-state index is 6.09. The molecule has 96 valence electrons. The van der Waals surface area contributed by atoms with E-state index >= 15 is 0 Å². The van der Waals surface area contributed by atoms with E-state index in [0.717, 1.165) is 11.0 Å². The van der Waals surface area contributed by atoms with Gasteiger partial charge in [0.1, 0.15) is 0 Å². The largest absolute Gasteiger partial charge is 0.369 e. The lowest BCUT2D eigenvalue weighted by molar-refractivity contribution is 0.668. The van der Waals surface area contributed by atoms with Gasteiger partial charge >= 0.3 is 0 Å². The Kier molecular flexibility index (Phi) is 2.75. The van der Waals surface area contributed by atoms with Crippen LogP contribution in [0.1, 0.15) is 24.1 Å². The number of anilines is 1. The Morgan fingerprint density at radius 3 is 2.58 bits per heavy atom. The average molecular weight is 251 g/mol. The highest BCUT2D eigenvalue weighted by molar-refractivity contribution is 5.79. The van der Waals surface area contributed by atoms with E-state index in [1.165, 1.54) is 11.1 Å². The van der Waals surface area contributed by atoms with E-state index in [1.54, 1.807) is 0 Å². The van der Waals surface area contributed by atoms with Gasteiger partial charge in [0.15, 0.2) is 0 Å². The zero-order chi connectivity index (χ0) is 13.4. The molecule has 0 bridgehead atoms. The van der Waals surface area contributed by atoms with Crippen LogP contribution in [0.5, 0.6) is 0 Å². The number of nitrogens with two attached hydrogens (primary N) is 1. The van der Waals surface area contributed by atoms with Crippen molar-refractivity contribution in [3.8, 4) is 0 Å². The smallest absolute Gasteiger partial charge is 0.201 e. The Bertz CT molecular complexity index is 713. The van der Waals surface area contributed by atoms with Crippen LogP contribution in [-0.4, -0.2) is 9.55 Å². The highest BCUT2D eigenvalue weighted by atomic mass is 15.2. The molecule has 0 aliphatic rings. The molecule has 3 nitrogen and oxygen atoms in total. The molecule has 0 radical (unpaired) electrons. The first kappa shape index (κ1) is 11.8. The van der Waals surface area contributed by atoms with Gasteiger partial charge in [-0.25, -0.2) is 4.98 Å². The first-order valence-electron chi connectivity index (χ1n) is 6.46. The molecule has 0 aliphatic carbocycles. The fourth-order valence-electron chi connectivity index (χ4n) is 2.52. The van der Waals surface area contributed by atoms with Crippen molar-refractivity contribution < 1.29 is 0 Å². The molecule has 0 fully saturated rings. The van der Waals surface area contributed by atoms with Crippen molar-refractivity contribution >= 4 is 17.0 Å². The summed E-state index contributed by atoms with van der Waals surface area (Å²) in [5.41, 5.74) is 10.6. The lowest BCUT2D eigenvalue weighted by atomic mass is 10.1. The average Bonchev–Trinajstić information content (AvgIpc) is 2.74.